The highest BCUT2D eigenvalue weighted by molar-refractivity contribution is 7.90. The van der Waals surface area contributed by atoms with E-state index >= 15 is 0 Å². The maximum absolute atomic E-state index is 13.2. The highest BCUT2D eigenvalue weighted by Crippen LogP contribution is 2.20. The Morgan fingerprint density at radius 3 is 2.62 bits per heavy atom. The third-order valence-corrected chi connectivity index (χ3v) is 3.66. The minimum atomic E-state index is -4.47. The van der Waals surface area contributed by atoms with Crippen molar-refractivity contribution in [1.29, 1.82) is 0 Å². The van der Waals surface area contributed by atoms with E-state index in [2.05, 4.69) is 0 Å². The van der Waals surface area contributed by atoms with Crippen LogP contribution in [-0.2, 0) is 10.0 Å². The van der Waals surface area contributed by atoms with Gasteiger partial charge in [0.05, 0.1) is 22.1 Å². The van der Waals surface area contributed by atoms with E-state index in [1.165, 1.54) is 12.1 Å². The number of amides is 1. The van der Waals surface area contributed by atoms with Gasteiger partial charge in [0, 0.05) is 6.07 Å². The van der Waals surface area contributed by atoms with E-state index in [1.54, 1.807) is 4.72 Å². The number of carbonyl (C=O) groups is 1. The Morgan fingerprint density at radius 2 is 2.05 bits per heavy atom. The summed E-state index contributed by atoms with van der Waals surface area (Å²) in [5.41, 5.74) is -0.749. The average Bonchev–Trinajstić information content (AvgIpc) is 2.91. The molecule has 1 N–H and O–H groups in total. The number of nitro benzene ring substituents is 1. The van der Waals surface area contributed by atoms with Crippen LogP contribution in [0.25, 0.3) is 0 Å². The van der Waals surface area contributed by atoms with Gasteiger partial charge in [0.25, 0.3) is 15.7 Å². The highest BCUT2D eigenvalue weighted by atomic mass is 32.2. The third kappa shape index (κ3) is 3.23. The van der Waals surface area contributed by atoms with Crippen molar-refractivity contribution >= 4 is 21.6 Å². The topological polar surface area (TPSA) is 120 Å². The van der Waals surface area contributed by atoms with Gasteiger partial charge >= 0.3 is 5.91 Å². The van der Waals surface area contributed by atoms with Gasteiger partial charge < -0.3 is 4.42 Å². The molecule has 0 aliphatic carbocycles. The van der Waals surface area contributed by atoms with E-state index in [1.807, 2.05) is 0 Å². The molecule has 110 valence electrons. The normalized spacial score (nSPS) is 11.1. The van der Waals surface area contributed by atoms with Crippen molar-refractivity contribution in [2.75, 3.05) is 0 Å². The molecule has 2 rings (SSSR count). The molecule has 0 fully saturated rings. The van der Waals surface area contributed by atoms with Gasteiger partial charge in [-0.2, -0.15) is 0 Å². The zero-order valence-corrected chi connectivity index (χ0v) is 11.0. The number of rotatable bonds is 4. The van der Waals surface area contributed by atoms with Gasteiger partial charge in [0.2, 0.25) is 0 Å². The lowest BCUT2D eigenvalue weighted by Crippen LogP contribution is -2.30. The van der Waals surface area contributed by atoms with Gasteiger partial charge in [-0.05, 0) is 18.2 Å². The Kier molecular flexibility index (Phi) is 3.72. The zero-order valence-electron chi connectivity index (χ0n) is 10.1. The molecule has 1 aromatic heterocycles. The van der Waals surface area contributed by atoms with Gasteiger partial charge in [0.1, 0.15) is 5.82 Å². The van der Waals surface area contributed by atoms with Crippen molar-refractivity contribution in [1.82, 2.24) is 4.72 Å². The first-order valence-corrected chi connectivity index (χ1v) is 6.83. The molecule has 0 bridgehead atoms. The molecule has 0 unspecified atom stereocenters. The predicted octanol–water partition coefficient (Wildman–Crippen LogP) is 1.45. The second-order valence-electron chi connectivity index (χ2n) is 3.81. The molecule has 2 aromatic rings. The first-order chi connectivity index (χ1) is 9.79. The number of nitrogens with one attached hydrogen (secondary N) is 1. The van der Waals surface area contributed by atoms with E-state index in [9.17, 15) is 27.7 Å². The molecule has 0 saturated carbocycles. The van der Waals surface area contributed by atoms with E-state index in [0.29, 0.717) is 18.2 Å². The van der Waals surface area contributed by atoms with Crippen molar-refractivity contribution in [3.63, 3.8) is 0 Å². The Bertz CT molecular complexity index is 800. The van der Waals surface area contributed by atoms with E-state index < -0.39 is 37.3 Å². The van der Waals surface area contributed by atoms with E-state index in [-0.39, 0.29) is 5.76 Å². The summed E-state index contributed by atoms with van der Waals surface area (Å²) in [4.78, 5) is 20.5. The molecule has 1 aromatic carbocycles. The van der Waals surface area contributed by atoms with Crippen LogP contribution in [0.4, 0.5) is 10.1 Å². The van der Waals surface area contributed by atoms with Crippen LogP contribution in [0, 0.1) is 15.9 Å². The molecule has 0 aliphatic heterocycles. The molecule has 8 nitrogen and oxygen atoms in total. The molecule has 1 amide bonds. The molecule has 0 spiro atoms. The standard InChI is InChI=1S/C11H7FN2O6S/c12-7-4-8(14(16)17)6-9(5-7)21(18,19)13-11(15)10-2-1-3-20-10/h1-6H,(H,13,15). The number of nitro groups is 1. The smallest absolute Gasteiger partial charge is 0.300 e. The maximum atomic E-state index is 13.2. The van der Waals surface area contributed by atoms with Gasteiger partial charge in [-0.15, -0.1) is 0 Å². The molecule has 10 heteroatoms. The molecule has 0 saturated heterocycles. The molecule has 0 atom stereocenters. The van der Waals surface area contributed by atoms with Crippen LogP contribution in [0.1, 0.15) is 10.6 Å². The lowest BCUT2D eigenvalue weighted by Gasteiger charge is -2.05. The zero-order chi connectivity index (χ0) is 15.6. The fraction of sp³-hybridized carbons (Fsp3) is 0. The summed E-state index contributed by atoms with van der Waals surface area (Å²) in [7, 11) is -4.47. The van der Waals surface area contributed by atoms with Crippen LogP contribution in [-0.4, -0.2) is 19.2 Å². The predicted molar refractivity (Wildman–Crippen MR) is 66.4 cm³/mol. The first kappa shape index (κ1) is 14.7. The van der Waals surface area contributed by atoms with Gasteiger partial charge in [0.15, 0.2) is 5.76 Å². The van der Waals surface area contributed by atoms with Crippen molar-refractivity contribution in [2.45, 2.75) is 4.90 Å². The number of nitrogens with zero attached hydrogens (tertiary/aromatic N) is 1. The number of sulfonamides is 1. The number of carbonyl (C=O) groups excluding carboxylic acids is 1. The fourth-order valence-electron chi connectivity index (χ4n) is 1.45. The van der Waals surface area contributed by atoms with Crippen molar-refractivity contribution < 1.29 is 26.9 Å². The SMILES string of the molecule is O=C(NS(=O)(=O)c1cc(F)cc([N+](=O)[O-])c1)c1ccco1. The number of benzene rings is 1. The van der Waals surface area contributed by atoms with Crippen LogP contribution in [0.2, 0.25) is 0 Å². The van der Waals surface area contributed by atoms with Gasteiger partial charge in [-0.1, -0.05) is 0 Å². The Morgan fingerprint density at radius 1 is 1.33 bits per heavy atom. The summed E-state index contributed by atoms with van der Waals surface area (Å²) < 4.78 is 43.4. The Labute approximate surface area is 117 Å². The fourth-order valence-corrected chi connectivity index (χ4v) is 2.45. The van der Waals surface area contributed by atoms with Crippen molar-refractivity contribution in [3.8, 4) is 0 Å². The van der Waals surface area contributed by atoms with E-state index in [4.69, 9.17) is 4.42 Å². The van der Waals surface area contributed by atoms with E-state index in [0.717, 1.165) is 6.26 Å². The number of non-ortho nitro benzene ring substituents is 1. The largest absolute Gasteiger partial charge is 0.459 e. The summed E-state index contributed by atoms with van der Waals surface area (Å²) in [6, 6.07) is 4.35. The van der Waals surface area contributed by atoms with Crippen LogP contribution in [0.5, 0.6) is 0 Å². The third-order valence-electron chi connectivity index (χ3n) is 2.35. The summed E-state index contributed by atoms with van der Waals surface area (Å²) >= 11 is 0. The second kappa shape index (κ2) is 5.32. The number of furan rings is 1. The number of hydrogen-bond acceptors (Lipinski definition) is 6. The monoisotopic (exact) mass is 314 g/mol. The summed E-state index contributed by atoms with van der Waals surface area (Å²) in [5, 5.41) is 10.6. The molecule has 1 heterocycles. The number of halogens is 1. The van der Waals surface area contributed by atoms with Crippen molar-refractivity contribution in [3.05, 3.63) is 58.3 Å². The van der Waals surface area contributed by atoms with Crippen molar-refractivity contribution in [2.24, 2.45) is 0 Å². The van der Waals surface area contributed by atoms with Crippen LogP contribution < -0.4 is 4.72 Å². The highest BCUT2D eigenvalue weighted by Gasteiger charge is 2.23. The van der Waals surface area contributed by atoms with Crippen LogP contribution in [0.15, 0.2) is 45.9 Å². The molecule has 0 radical (unpaired) electrons. The second-order valence-corrected chi connectivity index (χ2v) is 5.50. The molecule has 0 aliphatic rings. The summed E-state index contributed by atoms with van der Waals surface area (Å²) in [6.07, 6.45) is 1.16. The van der Waals surface area contributed by atoms with Gasteiger partial charge in [-0.3, -0.25) is 14.9 Å². The Balaban J connectivity index is 2.36. The average molecular weight is 314 g/mol. The summed E-state index contributed by atoms with van der Waals surface area (Å²) in [6.45, 7) is 0. The summed E-state index contributed by atoms with van der Waals surface area (Å²) in [5.74, 6) is -2.47. The first-order valence-electron chi connectivity index (χ1n) is 5.35. The Hall–Kier alpha value is -2.75. The quantitative estimate of drug-likeness (QED) is 0.673. The number of hydrogen-bond donors (Lipinski definition) is 1. The lowest BCUT2D eigenvalue weighted by molar-refractivity contribution is -0.385. The van der Waals surface area contributed by atoms with Crippen LogP contribution in [0.3, 0.4) is 0 Å². The minimum Gasteiger partial charge on any atom is -0.459 e. The molecular weight excluding hydrogens is 307 g/mol. The minimum absolute atomic E-state index is 0.274. The molecule has 21 heavy (non-hydrogen) atoms. The van der Waals surface area contributed by atoms with Crippen LogP contribution >= 0.6 is 0 Å². The lowest BCUT2D eigenvalue weighted by atomic mass is 10.3. The van der Waals surface area contributed by atoms with Gasteiger partial charge in [-0.25, -0.2) is 17.5 Å². The molecular formula is C11H7FN2O6S. The maximum Gasteiger partial charge on any atom is 0.300 e.